The molecule has 1 amide bonds. The fourth-order valence-corrected chi connectivity index (χ4v) is 1.82. The van der Waals surface area contributed by atoms with E-state index in [-0.39, 0.29) is 6.61 Å². The van der Waals surface area contributed by atoms with Gasteiger partial charge in [-0.2, -0.15) is 0 Å². The van der Waals surface area contributed by atoms with Crippen molar-refractivity contribution in [2.24, 2.45) is 11.8 Å². The van der Waals surface area contributed by atoms with Gasteiger partial charge in [0.15, 0.2) is 0 Å². The molecule has 2 unspecified atom stereocenters. The molecule has 3 heteroatoms. The number of rotatable bonds is 3. The van der Waals surface area contributed by atoms with Crippen molar-refractivity contribution in [3.05, 3.63) is 0 Å². The van der Waals surface area contributed by atoms with Crippen LogP contribution in [0.3, 0.4) is 0 Å². The molecule has 0 aromatic carbocycles. The molecule has 1 aliphatic heterocycles. The van der Waals surface area contributed by atoms with E-state index in [4.69, 9.17) is 5.11 Å². The Balaban J connectivity index is 1.82. The molecule has 0 aromatic rings. The summed E-state index contributed by atoms with van der Waals surface area (Å²) in [6.45, 7) is 1.89. The molecule has 1 heterocycles. The zero-order valence-corrected chi connectivity index (χ0v) is 6.49. The maximum absolute atomic E-state index is 11.3. The van der Waals surface area contributed by atoms with E-state index in [1.165, 1.54) is 0 Å². The molecule has 2 aliphatic rings. The number of aliphatic hydroxyl groups is 1. The van der Waals surface area contributed by atoms with Crippen LogP contribution in [0.2, 0.25) is 0 Å². The number of carbonyl (C=O) groups is 1. The van der Waals surface area contributed by atoms with E-state index in [0.29, 0.717) is 17.7 Å². The lowest BCUT2D eigenvalue weighted by atomic mass is 10.3. The first-order valence-corrected chi connectivity index (χ1v) is 4.22. The van der Waals surface area contributed by atoms with Crippen LogP contribution in [0.25, 0.3) is 0 Å². The van der Waals surface area contributed by atoms with Gasteiger partial charge in [-0.05, 0) is 18.8 Å². The average molecular weight is 155 g/mol. The van der Waals surface area contributed by atoms with Gasteiger partial charge in [0.1, 0.15) is 0 Å². The molecule has 0 aromatic heterocycles. The molecule has 0 bridgehead atoms. The maximum Gasteiger partial charge on any atom is 0.226 e. The van der Waals surface area contributed by atoms with E-state index in [0.717, 1.165) is 25.9 Å². The summed E-state index contributed by atoms with van der Waals surface area (Å²) in [4.78, 5) is 13.2. The third-order valence-corrected chi connectivity index (χ3v) is 2.59. The van der Waals surface area contributed by atoms with Crippen LogP contribution in [0.15, 0.2) is 0 Å². The third kappa shape index (κ3) is 1.13. The highest BCUT2D eigenvalue weighted by Crippen LogP contribution is 2.45. The Labute approximate surface area is 66.0 Å². The van der Waals surface area contributed by atoms with Crippen LogP contribution >= 0.6 is 0 Å². The Hall–Kier alpha value is -0.570. The van der Waals surface area contributed by atoms with Gasteiger partial charge < -0.3 is 10.0 Å². The topological polar surface area (TPSA) is 40.5 Å². The summed E-state index contributed by atoms with van der Waals surface area (Å²) in [6, 6.07) is 0. The van der Waals surface area contributed by atoms with Crippen molar-refractivity contribution in [1.82, 2.24) is 4.90 Å². The highest BCUT2D eigenvalue weighted by atomic mass is 16.3. The first-order valence-electron chi connectivity index (χ1n) is 4.22. The molecule has 0 radical (unpaired) electrons. The Bertz CT molecular complexity index is 181. The number of amides is 1. The van der Waals surface area contributed by atoms with Crippen LogP contribution in [0.5, 0.6) is 0 Å². The molecule has 2 rings (SSSR count). The molecule has 62 valence electrons. The van der Waals surface area contributed by atoms with Crippen LogP contribution < -0.4 is 0 Å². The van der Waals surface area contributed by atoms with Gasteiger partial charge in [-0.1, -0.05) is 0 Å². The maximum atomic E-state index is 11.3. The third-order valence-electron chi connectivity index (χ3n) is 2.59. The molecule has 11 heavy (non-hydrogen) atoms. The molecule has 1 saturated heterocycles. The van der Waals surface area contributed by atoms with E-state index < -0.39 is 0 Å². The van der Waals surface area contributed by atoms with Gasteiger partial charge in [0, 0.05) is 25.6 Å². The van der Waals surface area contributed by atoms with Crippen molar-refractivity contribution < 1.29 is 9.90 Å². The van der Waals surface area contributed by atoms with E-state index in [1.54, 1.807) is 0 Å². The average Bonchev–Trinajstić information content (AvgIpc) is 2.70. The summed E-state index contributed by atoms with van der Waals surface area (Å²) in [6.07, 6.45) is 1.85. The number of hydrogen-bond acceptors (Lipinski definition) is 2. The summed E-state index contributed by atoms with van der Waals surface area (Å²) in [5, 5.41) is 8.55. The molecule has 0 spiro atoms. The summed E-state index contributed by atoms with van der Waals surface area (Å²) in [5.74, 6) is 1.36. The highest BCUT2D eigenvalue weighted by molar-refractivity contribution is 5.84. The molecule has 2 atom stereocenters. The number of carbonyl (C=O) groups excluding carboxylic acids is 1. The zero-order valence-electron chi connectivity index (χ0n) is 6.49. The highest BCUT2D eigenvalue weighted by Gasteiger charge is 2.51. The first kappa shape index (κ1) is 7.10. The SMILES string of the molecule is O=C1C2CC2CN1CCCO. The number of fused-ring (bicyclic) bond motifs is 1. The predicted octanol–water partition coefficient (Wildman–Crippen LogP) is -0.153. The van der Waals surface area contributed by atoms with E-state index >= 15 is 0 Å². The quantitative estimate of drug-likeness (QED) is 0.615. The summed E-state index contributed by atoms with van der Waals surface area (Å²) in [7, 11) is 0. The standard InChI is InChI=1S/C8H13NO2/c10-3-1-2-9-5-6-4-7(6)8(9)11/h6-7,10H,1-5H2. The van der Waals surface area contributed by atoms with Crippen molar-refractivity contribution in [3.63, 3.8) is 0 Å². The minimum atomic E-state index is 0.194. The van der Waals surface area contributed by atoms with Crippen molar-refractivity contribution in [3.8, 4) is 0 Å². The second kappa shape index (κ2) is 2.48. The summed E-state index contributed by atoms with van der Waals surface area (Å²) in [5.41, 5.74) is 0. The monoisotopic (exact) mass is 155 g/mol. The molecular formula is C8H13NO2. The summed E-state index contributed by atoms with van der Waals surface area (Å²) >= 11 is 0. The molecule has 3 nitrogen and oxygen atoms in total. The smallest absolute Gasteiger partial charge is 0.226 e. The van der Waals surface area contributed by atoms with Crippen LogP contribution in [0, 0.1) is 11.8 Å². The van der Waals surface area contributed by atoms with E-state index in [2.05, 4.69) is 0 Å². The van der Waals surface area contributed by atoms with Crippen LogP contribution in [0.1, 0.15) is 12.8 Å². The van der Waals surface area contributed by atoms with Gasteiger partial charge in [0.25, 0.3) is 0 Å². The number of piperidine rings is 1. The largest absolute Gasteiger partial charge is 0.396 e. The normalized spacial score (nSPS) is 34.3. The van der Waals surface area contributed by atoms with Crippen molar-refractivity contribution >= 4 is 5.91 Å². The molecule has 1 aliphatic carbocycles. The molecule has 2 fully saturated rings. The summed E-state index contributed by atoms with van der Waals surface area (Å²) < 4.78 is 0. The minimum Gasteiger partial charge on any atom is -0.396 e. The minimum absolute atomic E-state index is 0.194. The number of nitrogens with zero attached hydrogens (tertiary/aromatic N) is 1. The Morgan fingerprint density at radius 1 is 1.64 bits per heavy atom. The van der Waals surface area contributed by atoms with Gasteiger partial charge in [0.2, 0.25) is 5.91 Å². The van der Waals surface area contributed by atoms with E-state index in [1.807, 2.05) is 4.90 Å². The number of likely N-dealkylation sites (tertiary alicyclic amines) is 1. The Morgan fingerprint density at radius 3 is 3.00 bits per heavy atom. The van der Waals surface area contributed by atoms with Crippen LogP contribution in [-0.4, -0.2) is 35.6 Å². The second-order valence-corrected chi connectivity index (χ2v) is 3.46. The fourth-order valence-electron chi connectivity index (χ4n) is 1.82. The van der Waals surface area contributed by atoms with Gasteiger partial charge in [-0.15, -0.1) is 0 Å². The first-order chi connectivity index (χ1) is 5.33. The Kier molecular flexibility index (Phi) is 1.60. The van der Waals surface area contributed by atoms with E-state index in [9.17, 15) is 4.79 Å². The second-order valence-electron chi connectivity index (χ2n) is 3.46. The number of aliphatic hydroxyl groups excluding tert-OH is 1. The molecular weight excluding hydrogens is 142 g/mol. The van der Waals surface area contributed by atoms with Gasteiger partial charge in [0.05, 0.1) is 0 Å². The Morgan fingerprint density at radius 2 is 2.45 bits per heavy atom. The lowest BCUT2D eigenvalue weighted by Crippen LogP contribution is -2.29. The lowest BCUT2D eigenvalue weighted by molar-refractivity contribution is -0.130. The predicted molar refractivity (Wildman–Crippen MR) is 39.9 cm³/mol. The van der Waals surface area contributed by atoms with Gasteiger partial charge in [-0.25, -0.2) is 0 Å². The zero-order chi connectivity index (χ0) is 7.84. The molecule has 1 saturated carbocycles. The van der Waals surface area contributed by atoms with Crippen molar-refractivity contribution in [2.75, 3.05) is 19.7 Å². The van der Waals surface area contributed by atoms with Crippen molar-refractivity contribution in [2.45, 2.75) is 12.8 Å². The van der Waals surface area contributed by atoms with Crippen LogP contribution in [-0.2, 0) is 4.79 Å². The molecule has 1 N–H and O–H groups in total. The van der Waals surface area contributed by atoms with Gasteiger partial charge >= 0.3 is 0 Å². The fraction of sp³-hybridized carbons (Fsp3) is 0.875. The van der Waals surface area contributed by atoms with Crippen molar-refractivity contribution in [1.29, 1.82) is 0 Å². The van der Waals surface area contributed by atoms with Gasteiger partial charge in [-0.3, -0.25) is 4.79 Å². The van der Waals surface area contributed by atoms with Crippen LogP contribution in [0.4, 0.5) is 0 Å². The lowest BCUT2D eigenvalue weighted by Gasteiger charge is -2.16. The number of hydrogen-bond donors (Lipinski definition) is 1.